The lowest BCUT2D eigenvalue weighted by molar-refractivity contribution is 0.281. The summed E-state index contributed by atoms with van der Waals surface area (Å²) in [4.78, 5) is 6.70. The molecule has 2 aromatic carbocycles. The van der Waals surface area contributed by atoms with Gasteiger partial charge in [-0.25, -0.2) is 4.39 Å². The molecule has 0 radical (unpaired) electrons. The average Bonchev–Trinajstić information content (AvgIpc) is 3.24. The number of rotatable bonds is 5. The first-order valence-electron chi connectivity index (χ1n) is 9.34. The van der Waals surface area contributed by atoms with E-state index in [2.05, 4.69) is 46.3 Å². The maximum absolute atomic E-state index is 13.5. The highest BCUT2D eigenvalue weighted by Crippen LogP contribution is 2.35. The van der Waals surface area contributed by atoms with E-state index in [1.807, 2.05) is 12.4 Å². The van der Waals surface area contributed by atoms with Crippen LogP contribution in [0.25, 0.3) is 11.1 Å². The third kappa shape index (κ3) is 3.71. The second kappa shape index (κ2) is 7.89. The first kappa shape index (κ1) is 17.7. The third-order valence-corrected chi connectivity index (χ3v) is 5.23. The van der Waals surface area contributed by atoms with E-state index in [1.54, 1.807) is 13.2 Å². The summed E-state index contributed by atoms with van der Waals surface area (Å²) >= 11 is 0. The Bertz CT molecular complexity index is 890. The van der Waals surface area contributed by atoms with Crippen molar-refractivity contribution in [3.63, 3.8) is 0 Å². The fourth-order valence-electron chi connectivity index (χ4n) is 3.91. The van der Waals surface area contributed by atoms with Crippen molar-refractivity contribution < 1.29 is 9.13 Å². The van der Waals surface area contributed by atoms with E-state index in [4.69, 9.17) is 4.74 Å². The van der Waals surface area contributed by atoms with Crippen molar-refractivity contribution in [2.45, 2.75) is 18.9 Å². The molecule has 138 valence electrons. The lowest BCUT2D eigenvalue weighted by Crippen LogP contribution is -2.26. The van der Waals surface area contributed by atoms with E-state index in [1.165, 1.54) is 36.1 Å². The summed E-state index contributed by atoms with van der Waals surface area (Å²) in [6, 6.07) is 17.6. The number of nitrogens with zero attached hydrogens (tertiary/aromatic N) is 2. The fourth-order valence-corrected chi connectivity index (χ4v) is 3.91. The summed E-state index contributed by atoms with van der Waals surface area (Å²) in [7, 11) is 1.57. The molecule has 27 heavy (non-hydrogen) atoms. The summed E-state index contributed by atoms with van der Waals surface area (Å²) in [5.74, 6) is 0.256. The molecule has 1 saturated heterocycles. The topological polar surface area (TPSA) is 25.4 Å². The smallest absolute Gasteiger partial charge is 0.129 e. The van der Waals surface area contributed by atoms with Crippen molar-refractivity contribution in [1.82, 2.24) is 9.88 Å². The quantitative estimate of drug-likeness (QED) is 0.633. The zero-order chi connectivity index (χ0) is 18.6. The van der Waals surface area contributed by atoms with Gasteiger partial charge in [0.15, 0.2) is 0 Å². The molecule has 4 rings (SSSR count). The van der Waals surface area contributed by atoms with Crippen molar-refractivity contribution >= 4 is 0 Å². The summed E-state index contributed by atoms with van der Waals surface area (Å²) in [6.45, 7) is 2.22. The van der Waals surface area contributed by atoms with Gasteiger partial charge in [0.1, 0.15) is 11.6 Å². The second-order valence-electron chi connectivity index (χ2n) is 6.89. The molecule has 3 aromatic rings. The highest BCUT2D eigenvalue weighted by Gasteiger charge is 2.25. The van der Waals surface area contributed by atoms with E-state index >= 15 is 0 Å². The Kier molecular flexibility index (Phi) is 5.16. The lowest BCUT2D eigenvalue weighted by Gasteiger charge is -2.28. The molecule has 0 saturated carbocycles. The molecular weight excluding hydrogens is 339 g/mol. The number of aromatic nitrogens is 1. The van der Waals surface area contributed by atoms with Gasteiger partial charge in [-0.2, -0.15) is 0 Å². The Morgan fingerprint density at radius 3 is 2.26 bits per heavy atom. The standard InChI is InChI=1S/C23H23FN2O/c1-27-22-16-20(24)8-9-21(22)17-4-6-18(7-5-17)23(26-14-2-3-15-26)19-10-12-25-13-11-19/h4-13,16,23H,2-3,14-15H2,1H3/t23-/m1/s1. The van der Waals surface area contributed by atoms with Gasteiger partial charge in [0, 0.05) is 24.0 Å². The summed E-state index contributed by atoms with van der Waals surface area (Å²) in [5.41, 5.74) is 4.43. The van der Waals surface area contributed by atoms with Gasteiger partial charge in [-0.1, -0.05) is 24.3 Å². The molecule has 0 N–H and O–H groups in total. The third-order valence-electron chi connectivity index (χ3n) is 5.23. The maximum Gasteiger partial charge on any atom is 0.129 e. The maximum atomic E-state index is 13.5. The SMILES string of the molecule is COc1cc(F)ccc1-c1ccc([C@H](c2ccncc2)N2CCCC2)cc1. The molecule has 1 aliphatic rings. The number of pyridine rings is 1. The zero-order valence-electron chi connectivity index (χ0n) is 15.4. The fraction of sp³-hybridized carbons (Fsp3) is 0.261. The highest BCUT2D eigenvalue weighted by atomic mass is 19.1. The lowest BCUT2D eigenvalue weighted by atomic mass is 9.95. The first-order valence-corrected chi connectivity index (χ1v) is 9.34. The molecular formula is C23H23FN2O. The molecule has 2 heterocycles. The van der Waals surface area contributed by atoms with Gasteiger partial charge in [0.25, 0.3) is 0 Å². The largest absolute Gasteiger partial charge is 0.496 e. The zero-order valence-corrected chi connectivity index (χ0v) is 15.4. The minimum absolute atomic E-state index is 0.236. The van der Waals surface area contributed by atoms with Gasteiger partial charge in [-0.15, -0.1) is 0 Å². The van der Waals surface area contributed by atoms with Crippen LogP contribution < -0.4 is 4.74 Å². The van der Waals surface area contributed by atoms with Gasteiger partial charge in [-0.05, 0) is 66.9 Å². The molecule has 0 aliphatic carbocycles. The molecule has 0 spiro atoms. The molecule has 4 heteroatoms. The predicted octanol–water partition coefficient (Wildman–Crippen LogP) is 5.08. The van der Waals surface area contributed by atoms with Crippen LogP contribution >= 0.6 is 0 Å². The molecule has 0 bridgehead atoms. The predicted molar refractivity (Wildman–Crippen MR) is 105 cm³/mol. The van der Waals surface area contributed by atoms with Gasteiger partial charge in [-0.3, -0.25) is 9.88 Å². The monoisotopic (exact) mass is 362 g/mol. The van der Waals surface area contributed by atoms with Crippen molar-refractivity contribution in [3.8, 4) is 16.9 Å². The number of halogens is 1. The van der Waals surface area contributed by atoms with Crippen molar-refractivity contribution in [2.24, 2.45) is 0 Å². The van der Waals surface area contributed by atoms with Crippen LogP contribution in [0.2, 0.25) is 0 Å². The normalized spacial score (nSPS) is 15.6. The first-order chi connectivity index (χ1) is 13.3. The minimum atomic E-state index is -0.293. The number of hydrogen-bond donors (Lipinski definition) is 0. The summed E-state index contributed by atoms with van der Waals surface area (Å²) in [6.07, 6.45) is 6.20. The summed E-state index contributed by atoms with van der Waals surface area (Å²) in [5, 5.41) is 0. The van der Waals surface area contributed by atoms with Crippen LogP contribution in [0.15, 0.2) is 67.0 Å². The van der Waals surface area contributed by atoms with Crippen LogP contribution in [-0.2, 0) is 0 Å². The Labute approximate surface area is 159 Å². The number of likely N-dealkylation sites (tertiary alicyclic amines) is 1. The van der Waals surface area contributed by atoms with Gasteiger partial charge in [0.2, 0.25) is 0 Å². The Morgan fingerprint density at radius 1 is 0.926 bits per heavy atom. The minimum Gasteiger partial charge on any atom is -0.496 e. The van der Waals surface area contributed by atoms with E-state index in [-0.39, 0.29) is 11.9 Å². The van der Waals surface area contributed by atoms with E-state index in [9.17, 15) is 4.39 Å². The number of methoxy groups -OCH3 is 1. The van der Waals surface area contributed by atoms with Crippen LogP contribution in [0.1, 0.15) is 30.0 Å². The molecule has 0 unspecified atom stereocenters. The number of hydrogen-bond acceptors (Lipinski definition) is 3. The molecule has 1 aromatic heterocycles. The molecule has 3 nitrogen and oxygen atoms in total. The highest BCUT2D eigenvalue weighted by molar-refractivity contribution is 5.70. The van der Waals surface area contributed by atoms with Gasteiger partial charge in [0.05, 0.1) is 13.2 Å². The molecule has 1 aliphatic heterocycles. The van der Waals surface area contributed by atoms with Crippen LogP contribution in [-0.4, -0.2) is 30.1 Å². The van der Waals surface area contributed by atoms with E-state index in [0.29, 0.717) is 5.75 Å². The Hall–Kier alpha value is -2.72. The van der Waals surface area contributed by atoms with Crippen molar-refractivity contribution in [1.29, 1.82) is 0 Å². The molecule has 1 fully saturated rings. The van der Waals surface area contributed by atoms with Crippen molar-refractivity contribution in [2.75, 3.05) is 20.2 Å². The van der Waals surface area contributed by atoms with Crippen LogP contribution in [0.4, 0.5) is 4.39 Å². The van der Waals surface area contributed by atoms with Gasteiger partial charge < -0.3 is 4.74 Å². The van der Waals surface area contributed by atoms with Crippen LogP contribution in [0, 0.1) is 5.82 Å². The van der Waals surface area contributed by atoms with E-state index in [0.717, 1.165) is 24.2 Å². The van der Waals surface area contributed by atoms with E-state index < -0.39 is 0 Å². The molecule has 0 amide bonds. The van der Waals surface area contributed by atoms with Crippen LogP contribution in [0.5, 0.6) is 5.75 Å². The average molecular weight is 362 g/mol. The van der Waals surface area contributed by atoms with Gasteiger partial charge >= 0.3 is 0 Å². The number of benzene rings is 2. The Morgan fingerprint density at radius 2 is 1.59 bits per heavy atom. The summed E-state index contributed by atoms with van der Waals surface area (Å²) < 4.78 is 18.8. The number of ether oxygens (including phenoxy) is 1. The van der Waals surface area contributed by atoms with Crippen LogP contribution in [0.3, 0.4) is 0 Å². The Balaban J connectivity index is 1.69. The van der Waals surface area contributed by atoms with Crippen molar-refractivity contribution in [3.05, 3.63) is 83.9 Å². The second-order valence-corrected chi connectivity index (χ2v) is 6.89. The molecule has 1 atom stereocenters.